The van der Waals surface area contributed by atoms with E-state index in [4.69, 9.17) is 0 Å². The summed E-state index contributed by atoms with van der Waals surface area (Å²) in [6.07, 6.45) is 2.25. The quantitative estimate of drug-likeness (QED) is 0.700. The molecule has 0 spiro atoms. The van der Waals surface area contributed by atoms with Crippen molar-refractivity contribution in [1.82, 2.24) is 20.1 Å². The summed E-state index contributed by atoms with van der Waals surface area (Å²) in [5, 5.41) is 15.6. The zero-order valence-electron chi connectivity index (χ0n) is 10.8. The van der Waals surface area contributed by atoms with Gasteiger partial charge in [-0.15, -0.1) is 0 Å². The fourth-order valence-corrected chi connectivity index (χ4v) is 1.67. The number of aliphatic carboxylic acids is 1. The monoisotopic (exact) mass is 254 g/mol. The van der Waals surface area contributed by atoms with Gasteiger partial charge in [-0.25, -0.2) is 4.98 Å². The van der Waals surface area contributed by atoms with Crippen molar-refractivity contribution in [2.75, 3.05) is 7.05 Å². The lowest BCUT2D eigenvalue weighted by atomic mass is 9.85. The van der Waals surface area contributed by atoms with E-state index < -0.39 is 17.3 Å². The Morgan fingerprint density at radius 2 is 2.22 bits per heavy atom. The van der Waals surface area contributed by atoms with Gasteiger partial charge in [-0.3, -0.25) is 14.3 Å². The van der Waals surface area contributed by atoms with Crippen molar-refractivity contribution >= 4 is 11.9 Å². The average Bonchev–Trinajstić information content (AvgIpc) is 2.75. The molecule has 0 fully saturated rings. The van der Waals surface area contributed by atoms with Gasteiger partial charge in [0.05, 0.1) is 0 Å². The zero-order valence-corrected chi connectivity index (χ0v) is 10.8. The third-order valence-corrected chi connectivity index (χ3v) is 2.84. The summed E-state index contributed by atoms with van der Waals surface area (Å²) in [6.45, 7) is 4.03. The number of hydrogen-bond donors (Lipinski definition) is 2. The molecule has 0 saturated carbocycles. The minimum absolute atomic E-state index is 0.0159. The van der Waals surface area contributed by atoms with Crippen LogP contribution >= 0.6 is 0 Å². The Bertz CT molecular complexity index is 443. The van der Waals surface area contributed by atoms with Crippen molar-refractivity contribution in [2.24, 2.45) is 5.41 Å². The lowest BCUT2D eigenvalue weighted by Gasteiger charge is -2.22. The van der Waals surface area contributed by atoms with E-state index in [9.17, 15) is 14.7 Å². The van der Waals surface area contributed by atoms with Gasteiger partial charge >= 0.3 is 5.97 Å². The van der Waals surface area contributed by atoms with Gasteiger partial charge in [-0.05, 0) is 13.3 Å². The second-order valence-electron chi connectivity index (χ2n) is 4.29. The zero-order chi connectivity index (χ0) is 13.8. The number of carbonyl (C=O) groups is 2. The number of carboxylic acids is 1. The van der Waals surface area contributed by atoms with Crippen LogP contribution in [-0.4, -0.2) is 38.8 Å². The van der Waals surface area contributed by atoms with Gasteiger partial charge in [-0.2, -0.15) is 5.10 Å². The maximum absolute atomic E-state index is 11.7. The maximum Gasteiger partial charge on any atom is 0.319 e. The van der Waals surface area contributed by atoms with Gasteiger partial charge in [0.1, 0.15) is 12.2 Å². The van der Waals surface area contributed by atoms with Crippen LogP contribution < -0.4 is 5.32 Å². The molecule has 0 aliphatic carbocycles. The molecule has 1 heterocycles. The van der Waals surface area contributed by atoms with Crippen LogP contribution in [-0.2, 0) is 22.6 Å². The molecule has 100 valence electrons. The molecule has 0 aromatic carbocycles. The van der Waals surface area contributed by atoms with Crippen molar-refractivity contribution in [1.29, 1.82) is 0 Å². The molecule has 0 bridgehead atoms. The lowest BCUT2D eigenvalue weighted by molar-refractivity contribution is -0.154. The first kappa shape index (κ1) is 14.1. The molecular weight excluding hydrogens is 236 g/mol. The van der Waals surface area contributed by atoms with Crippen LogP contribution in [0.15, 0.2) is 6.33 Å². The summed E-state index contributed by atoms with van der Waals surface area (Å²) in [7, 11) is 1.42. The van der Waals surface area contributed by atoms with Crippen LogP contribution in [0.25, 0.3) is 0 Å². The second-order valence-corrected chi connectivity index (χ2v) is 4.29. The SMILES string of the molecule is CCCn1ncnc1CC(C)(C(=O)O)C(=O)NC. The minimum atomic E-state index is -1.53. The molecule has 1 unspecified atom stereocenters. The van der Waals surface area contributed by atoms with E-state index in [2.05, 4.69) is 15.4 Å². The fourth-order valence-electron chi connectivity index (χ4n) is 1.67. The van der Waals surface area contributed by atoms with Gasteiger partial charge < -0.3 is 10.4 Å². The van der Waals surface area contributed by atoms with Crippen molar-refractivity contribution in [3.63, 3.8) is 0 Å². The topological polar surface area (TPSA) is 97.1 Å². The number of carbonyl (C=O) groups excluding carboxylic acids is 1. The number of nitrogens with zero attached hydrogens (tertiary/aromatic N) is 3. The standard InChI is InChI=1S/C11H18N4O3/c1-4-5-15-8(13-7-14-15)6-11(2,10(17)18)9(16)12-3/h7H,4-6H2,1-3H3,(H,12,16)(H,17,18). The number of aromatic nitrogens is 3. The maximum atomic E-state index is 11.7. The van der Waals surface area contributed by atoms with Gasteiger partial charge in [0.15, 0.2) is 5.41 Å². The van der Waals surface area contributed by atoms with Crippen LogP contribution in [0.5, 0.6) is 0 Å². The third-order valence-electron chi connectivity index (χ3n) is 2.84. The van der Waals surface area contributed by atoms with E-state index >= 15 is 0 Å². The number of rotatable bonds is 6. The summed E-state index contributed by atoms with van der Waals surface area (Å²) < 4.78 is 1.63. The Balaban J connectivity index is 3.00. The highest BCUT2D eigenvalue weighted by atomic mass is 16.4. The number of amides is 1. The Hall–Kier alpha value is -1.92. The summed E-state index contributed by atoms with van der Waals surface area (Å²) in [5.41, 5.74) is -1.53. The predicted octanol–water partition coefficient (Wildman–Crippen LogP) is 0.0675. The van der Waals surface area contributed by atoms with Gasteiger partial charge in [0.2, 0.25) is 5.91 Å². The van der Waals surface area contributed by atoms with Crippen LogP contribution in [0, 0.1) is 5.41 Å². The average molecular weight is 254 g/mol. The molecule has 18 heavy (non-hydrogen) atoms. The molecule has 7 nitrogen and oxygen atoms in total. The molecular formula is C11H18N4O3. The van der Waals surface area contributed by atoms with Gasteiger partial charge in [-0.1, -0.05) is 6.92 Å². The molecule has 0 aliphatic rings. The largest absolute Gasteiger partial charge is 0.480 e. The molecule has 7 heteroatoms. The number of hydrogen-bond acceptors (Lipinski definition) is 4. The smallest absolute Gasteiger partial charge is 0.319 e. The molecule has 1 aromatic rings. The Morgan fingerprint density at radius 3 is 2.72 bits per heavy atom. The molecule has 0 saturated heterocycles. The molecule has 1 rings (SSSR count). The predicted molar refractivity (Wildman–Crippen MR) is 63.8 cm³/mol. The highest BCUT2D eigenvalue weighted by Crippen LogP contribution is 2.22. The van der Waals surface area contributed by atoms with Crippen molar-refractivity contribution < 1.29 is 14.7 Å². The van der Waals surface area contributed by atoms with Crippen molar-refractivity contribution in [2.45, 2.75) is 33.2 Å². The summed E-state index contributed by atoms with van der Waals surface area (Å²) in [4.78, 5) is 27.0. The van der Waals surface area contributed by atoms with Crippen LogP contribution in [0.3, 0.4) is 0 Å². The fraction of sp³-hybridized carbons (Fsp3) is 0.636. The molecule has 1 aromatic heterocycles. The van der Waals surface area contributed by atoms with Gasteiger partial charge in [0.25, 0.3) is 0 Å². The van der Waals surface area contributed by atoms with E-state index in [1.54, 1.807) is 4.68 Å². The first-order valence-electron chi connectivity index (χ1n) is 5.78. The highest BCUT2D eigenvalue weighted by Gasteiger charge is 2.42. The Morgan fingerprint density at radius 1 is 1.56 bits per heavy atom. The minimum Gasteiger partial charge on any atom is -0.480 e. The third kappa shape index (κ3) is 2.66. The van der Waals surface area contributed by atoms with Crippen LogP contribution in [0.4, 0.5) is 0 Å². The number of nitrogens with one attached hydrogen (secondary N) is 1. The first-order chi connectivity index (χ1) is 8.45. The Labute approximate surface area is 105 Å². The highest BCUT2D eigenvalue weighted by molar-refractivity contribution is 6.01. The van der Waals surface area contributed by atoms with E-state index in [1.807, 2.05) is 6.92 Å². The molecule has 1 amide bonds. The van der Waals surface area contributed by atoms with Crippen LogP contribution in [0.2, 0.25) is 0 Å². The number of carboxylic acid groups (broad SMARTS) is 1. The summed E-state index contributed by atoms with van der Waals surface area (Å²) in [6, 6.07) is 0. The van der Waals surface area contributed by atoms with E-state index in [-0.39, 0.29) is 6.42 Å². The molecule has 2 N–H and O–H groups in total. The molecule has 0 radical (unpaired) electrons. The van der Waals surface area contributed by atoms with Crippen molar-refractivity contribution in [3.05, 3.63) is 12.2 Å². The van der Waals surface area contributed by atoms with E-state index in [0.717, 1.165) is 6.42 Å². The van der Waals surface area contributed by atoms with Gasteiger partial charge in [0, 0.05) is 20.0 Å². The van der Waals surface area contributed by atoms with Crippen LogP contribution in [0.1, 0.15) is 26.1 Å². The second kappa shape index (κ2) is 5.61. The lowest BCUT2D eigenvalue weighted by Crippen LogP contribution is -2.45. The van der Waals surface area contributed by atoms with Crippen molar-refractivity contribution in [3.8, 4) is 0 Å². The number of aryl methyl sites for hydroxylation is 1. The summed E-state index contributed by atoms with van der Waals surface area (Å²) >= 11 is 0. The Kier molecular flexibility index (Phi) is 4.41. The van der Waals surface area contributed by atoms with E-state index in [0.29, 0.717) is 12.4 Å². The summed E-state index contributed by atoms with van der Waals surface area (Å²) in [5.74, 6) is -1.21. The first-order valence-corrected chi connectivity index (χ1v) is 5.78. The molecule has 0 aliphatic heterocycles. The molecule has 1 atom stereocenters. The normalized spacial score (nSPS) is 13.9. The van der Waals surface area contributed by atoms with E-state index in [1.165, 1.54) is 20.3 Å².